The first kappa shape index (κ1) is 49.8. The minimum absolute atomic E-state index is 0.137. The van der Waals surface area contributed by atoms with Gasteiger partial charge in [-0.15, -0.1) is 0 Å². The molecule has 0 unspecified atom stereocenters. The molecule has 23 heteroatoms. The maximum absolute atomic E-state index is 13.7. The number of quaternary nitrogens is 2. The molecule has 3 fully saturated rings. The fourth-order valence-electron chi connectivity index (χ4n) is 6.21. The number of nitrogens with two attached hydrogens (primary N) is 1. The van der Waals surface area contributed by atoms with E-state index in [1.807, 2.05) is 43.5 Å². The molecule has 14 nitrogen and oxygen atoms in total. The Balaban J connectivity index is 0.000000469. The van der Waals surface area contributed by atoms with Crippen LogP contribution in [-0.4, -0.2) is 86.7 Å². The maximum atomic E-state index is 13.7. The van der Waals surface area contributed by atoms with Crippen LogP contribution in [0.1, 0.15) is 70.4 Å². The lowest BCUT2D eigenvalue weighted by molar-refractivity contribution is -0.918. The van der Waals surface area contributed by atoms with Crippen LogP contribution < -0.4 is 40.6 Å². The van der Waals surface area contributed by atoms with Gasteiger partial charge in [0.25, 0.3) is 5.69 Å². The molecule has 1 atom stereocenters. The Hall–Kier alpha value is -5.32. The lowest BCUT2D eigenvalue weighted by Crippen LogP contribution is -3.15. The number of halogens is 9. The lowest BCUT2D eigenvalue weighted by atomic mass is 9.71. The fourth-order valence-corrected chi connectivity index (χ4v) is 6.21. The highest BCUT2D eigenvalue weighted by Crippen LogP contribution is 2.34. The number of aliphatic imine (C=N–C) groups is 1. The van der Waals surface area contributed by atoms with Crippen molar-refractivity contribution in [3.8, 4) is 5.75 Å². The minimum Gasteiger partial charge on any atom is -0.542 e. The summed E-state index contributed by atoms with van der Waals surface area (Å²) >= 11 is 0. The molecule has 6 rings (SSSR count). The second-order valence-electron chi connectivity index (χ2n) is 13.5. The van der Waals surface area contributed by atoms with Crippen LogP contribution in [0.4, 0.5) is 39.5 Å². The standard InChI is InChI=1S/C30H39N5O3.3C2HF3O2/c1-3-21(36)9-5-4-6-12-24(34-29(37)30-13-16-35(17-14-30)18-15-30)28-31-20-26(33-28)25-19-27(38-2)22-10-7-8-11-23(22)32-25;3*3-2(4,5)1(6)7/h7-8,10-11,19-20,24H,3-6,9,12-18H2,1-2H3,(H,31,33)(H,34,37);3*(H,6,7)/t24-;;;/m0.../s1. The first-order valence-corrected chi connectivity index (χ1v) is 18.0. The number of Topliss-reactive ketones (excluding diaryl/α,β-unsaturated/α-hetero) is 1. The molecule has 1 amide bonds. The Bertz CT molecular complexity index is 1790. The summed E-state index contributed by atoms with van der Waals surface area (Å²) in [4.78, 5) is 61.7. The van der Waals surface area contributed by atoms with E-state index in [0.717, 1.165) is 98.5 Å². The predicted molar refractivity (Wildman–Crippen MR) is 180 cm³/mol. The number of ketones is 1. The predicted octanol–water partition coefficient (Wildman–Crippen LogP) is -0.685. The van der Waals surface area contributed by atoms with Gasteiger partial charge in [0, 0.05) is 38.2 Å². The number of carbonyl (C=O) groups is 5. The monoisotopic (exact) mass is 859 g/mol. The van der Waals surface area contributed by atoms with Crippen molar-refractivity contribution in [2.45, 2.75) is 89.3 Å². The van der Waals surface area contributed by atoms with Gasteiger partial charge < -0.3 is 44.7 Å². The van der Waals surface area contributed by atoms with E-state index in [0.29, 0.717) is 18.6 Å². The topological polar surface area (TPSA) is 223 Å². The number of fused-ring (bicyclic) bond motifs is 4. The second-order valence-corrected chi connectivity index (χ2v) is 13.5. The van der Waals surface area contributed by atoms with Gasteiger partial charge in [0.15, 0.2) is 0 Å². The summed E-state index contributed by atoms with van der Waals surface area (Å²) in [5, 5.41) is 32.9. The van der Waals surface area contributed by atoms with Crippen LogP contribution in [0.2, 0.25) is 0 Å². The number of rotatable bonds is 12. The summed E-state index contributed by atoms with van der Waals surface area (Å²) in [6.07, 6.45) is -5.86. The number of aromatic amines is 1. The van der Waals surface area contributed by atoms with Gasteiger partial charge in [-0.05, 0) is 18.9 Å². The number of para-hydroxylation sites is 1. The fraction of sp³-hybridized carbons (Fsp3) is 0.528. The van der Waals surface area contributed by atoms with Crippen LogP contribution in [0.25, 0.3) is 16.6 Å². The quantitative estimate of drug-likeness (QED) is 0.181. The van der Waals surface area contributed by atoms with Crippen LogP contribution in [0, 0.1) is 5.41 Å². The van der Waals surface area contributed by atoms with Gasteiger partial charge in [0.05, 0.1) is 43.6 Å². The van der Waals surface area contributed by atoms with Crippen LogP contribution in [0.5, 0.6) is 5.75 Å². The number of ether oxygens (including phenoxy) is 1. The summed E-state index contributed by atoms with van der Waals surface area (Å²) in [7, 11) is 1.69. The Morgan fingerprint density at radius 3 is 1.85 bits per heavy atom. The highest BCUT2D eigenvalue weighted by molar-refractivity contribution is 5.92. The van der Waals surface area contributed by atoms with Crippen molar-refractivity contribution in [1.82, 2.24) is 5.32 Å². The van der Waals surface area contributed by atoms with Crippen LogP contribution in [0.3, 0.4) is 0 Å². The van der Waals surface area contributed by atoms with Crippen LogP contribution >= 0.6 is 0 Å². The van der Waals surface area contributed by atoms with E-state index >= 15 is 0 Å². The smallest absolute Gasteiger partial charge is 0.430 e. The van der Waals surface area contributed by atoms with Crippen LogP contribution in [0.15, 0.2) is 41.5 Å². The van der Waals surface area contributed by atoms with Crippen molar-refractivity contribution < 1.29 is 98.7 Å². The summed E-state index contributed by atoms with van der Waals surface area (Å²) in [5.41, 5.74) is 2.69. The number of piperidine rings is 3. The summed E-state index contributed by atoms with van der Waals surface area (Å²) in [5.74, 6) is -6.79. The van der Waals surface area contributed by atoms with Gasteiger partial charge in [-0.25, -0.2) is 4.99 Å². The number of alkyl halides is 9. The number of aromatic nitrogens is 1. The van der Waals surface area contributed by atoms with E-state index in [1.54, 1.807) is 12.0 Å². The van der Waals surface area contributed by atoms with E-state index in [9.17, 15) is 49.1 Å². The normalized spacial score (nSPS) is 18.9. The Labute approximate surface area is 330 Å². The van der Waals surface area contributed by atoms with Crippen molar-refractivity contribution >= 4 is 52.0 Å². The van der Waals surface area contributed by atoms with Crippen LogP contribution in [-0.2, 0) is 24.0 Å². The third-order valence-corrected chi connectivity index (χ3v) is 9.48. The highest BCUT2D eigenvalue weighted by Gasteiger charge is 2.48. The molecule has 4 aliphatic rings. The van der Waals surface area contributed by atoms with Gasteiger partial charge in [-0.2, -0.15) is 44.5 Å². The number of aliphatic carboxylic acids is 3. The van der Waals surface area contributed by atoms with E-state index < -0.39 is 36.4 Å². The van der Waals surface area contributed by atoms with Gasteiger partial charge >= 0.3 is 18.5 Å². The number of carboxylic acid groups (broad SMARTS) is 3. The number of amidine groups is 1. The Kier molecular flexibility index (Phi) is 18.3. The Morgan fingerprint density at radius 1 is 0.864 bits per heavy atom. The van der Waals surface area contributed by atoms with Gasteiger partial charge in [0.2, 0.25) is 23.0 Å². The zero-order chi connectivity index (χ0) is 44.8. The van der Waals surface area contributed by atoms with E-state index in [2.05, 4.69) is 15.6 Å². The number of nitrogens with one attached hydrogen (secondary N) is 3. The van der Waals surface area contributed by atoms with Crippen molar-refractivity contribution in [3.05, 3.63) is 42.2 Å². The molecule has 3 saturated heterocycles. The van der Waals surface area contributed by atoms with E-state index in [1.165, 1.54) is 0 Å². The first-order valence-electron chi connectivity index (χ1n) is 18.0. The number of amides is 1. The van der Waals surface area contributed by atoms with Gasteiger partial charge in [0.1, 0.15) is 41.7 Å². The summed E-state index contributed by atoms with van der Waals surface area (Å²) < 4.78 is 100. The molecule has 5 N–H and O–H groups in total. The molecule has 1 aromatic heterocycles. The number of carbonyl (C=O) groups excluding carboxylic acids is 5. The molecular weight excluding hydrogens is 817 g/mol. The molecule has 5 heterocycles. The van der Waals surface area contributed by atoms with Gasteiger partial charge in [-0.3, -0.25) is 14.9 Å². The van der Waals surface area contributed by atoms with Crippen molar-refractivity contribution in [1.29, 1.82) is 0 Å². The SMILES string of the molecule is CCC(=O)CCCCC[C@H](NC(=O)C12CC[NH+](CC1)CC2)C1=NC=C(c2cc(OC)c3ccccc3[nH+]2)[NH2+]1.O=C([O-])C(F)(F)F.O=C([O-])C(F)(F)F.O=C([O-])C(F)(F)F. The van der Waals surface area contributed by atoms with E-state index in [-0.39, 0.29) is 17.4 Å². The second kappa shape index (κ2) is 21.6. The summed E-state index contributed by atoms with van der Waals surface area (Å²) in [6.45, 7) is 5.22. The number of unbranched alkanes of at least 4 members (excludes halogenated alkanes) is 2. The zero-order valence-electron chi connectivity index (χ0n) is 31.6. The number of hydrogen-bond acceptors (Lipinski definition) is 10. The molecule has 328 valence electrons. The average Bonchev–Trinajstić information content (AvgIpc) is 3.67. The average molecular weight is 860 g/mol. The number of hydrogen-bond donors (Lipinski definition) is 3. The number of methoxy groups -OCH3 is 1. The summed E-state index contributed by atoms with van der Waals surface area (Å²) in [6, 6.07) is 9.97. The molecule has 0 aliphatic carbocycles. The van der Waals surface area contributed by atoms with E-state index in [4.69, 9.17) is 39.4 Å². The van der Waals surface area contributed by atoms with Crippen molar-refractivity contribution in [2.75, 3.05) is 26.7 Å². The largest absolute Gasteiger partial charge is 0.542 e. The number of nitrogens with zero attached hydrogens (tertiary/aromatic N) is 1. The first-order chi connectivity index (χ1) is 27.3. The molecular formula is C36H42F9N5O9. The number of benzene rings is 1. The Morgan fingerprint density at radius 2 is 1.37 bits per heavy atom. The molecule has 2 aromatic rings. The number of carboxylic acids is 3. The van der Waals surface area contributed by atoms with Crippen molar-refractivity contribution in [3.63, 3.8) is 0 Å². The molecule has 2 bridgehead atoms. The molecule has 0 saturated carbocycles. The lowest BCUT2D eigenvalue weighted by Gasteiger charge is -2.44. The zero-order valence-corrected chi connectivity index (χ0v) is 31.6. The highest BCUT2D eigenvalue weighted by atomic mass is 19.4. The molecule has 0 radical (unpaired) electrons. The maximum Gasteiger partial charge on any atom is 0.430 e. The number of H-pyrrole nitrogens is 1. The minimum atomic E-state index is -5.19. The van der Waals surface area contributed by atoms with Crippen molar-refractivity contribution in [2.24, 2.45) is 10.4 Å². The number of pyridine rings is 1. The molecule has 59 heavy (non-hydrogen) atoms. The molecule has 4 aliphatic heterocycles. The molecule has 1 aromatic carbocycles. The van der Waals surface area contributed by atoms with Gasteiger partial charge in [-0.1, -0.05) is 31.9 Å². The molecule has 0 spiro atoms. The third kappa shape index (κ3) is 15.8. The third-order valence-electron chi connectivity index (χ3n) is 9.48.